The van der Waals surface area contributed by atoms with Crippen LogP contribution < -0.4 is 14.8 Å². The molecule has 138 valence electrons. The zero-order valence-corrected chi connectivity index (χ0v) is 15.0. The summed E-state index contributed by atoms with van der Waals surface area (Å²) in [6, 6.07) is 9.13. The van der Waals surface area contributed by atoms with Crippen LogP contribution in [0.3, 0.4) is 0 Å². The molecule has 0 spiro atoms. The molecule has 26 heavy (non-hydrogen) atoms. The molecule has 0 saturated carbocycles. The van der Waals surface area contributed by atoms with Gasteiger partial charge in [-0.15, -0.1) is 0 Å². The quantitative estimate of drug-likeness (QED) is 0.557. The van der Waals surface area contributed by atoms with Gasteiger partial charge in [0.1, 0.15) is 5.82 Å². The van der Waals surface area contributed by atoms with E-state index in [4.69, 9.17) is 25.9 Å². The van der Waals surface area contributed by atoms with Gasteiger partial charge in [-0.2, -0.15) is 0 Å². The van der Waals surface area contributed by atoms with Crippen LogP contribution in [0.4, 0.5) is 10.1 Å². The SMILES string of the molecule is CCOc1c(Cl)cc(/C=N\OCC(=O)Nc2ccccc2F)cc1OC. The lowest BCUT2D eigenvalue weighted by Crippen LogP contribution is -2.17. The predicted octanol–water partition coefficient (Wildman–Crippen LogP) is 3.88. The number of amides is 1. The second-order valence-corrected chi connectivity index (χ2v) is 5.41. The highest BCUT2D eigenvalue weighted by molar-refractivity contribution is 6.32. The number of nitrogens with one attached hydrogen (secondary N) is 1. The average molecular weight is 381 g/mol. The van der Waals surface area contributed by atoms with Crippen molar-refractivity contribution in [3.63, 3.8) is 0 Å². The zero-order chi connectivity index (χ0) is 18.9. The molecule has 0 saturated heterocycles. The maximum absolute atomic E-state index is 13.4. The minimum absolute atomic E-state index is 0.0770. The normalized spacial score (nSPS) is 10.6. The van der Waals surface area contributed by atoms with E-state index in [2.05, 4.69) is 10.5 Å². The van der Waals surface area contributed by atoms with Gasteiger partial charge in [-0.05, 0) is 31.2 Å². The number of benzene rings is 2. The standard InChI is InChI=1S/C18H18ClFN2O4/c1-3-25-18-13(19)8-12(9-16(18)24-2)10-21-26-11-17(23)22-15-7-5-4-6-14(15)20/h4-10H,3,11H2,1-2H3,(H,22,23)/b21-10-. The largest absolute Gasteiger partial charge is 0.493 e. The first kappa shape index (κ1) is 19.5. The minimum Gasteiger partial charge on any atom is -0.493 e. The van der Waals surface area contributed by atoms with E-state index in [1.54, 1.807) is 18.2 Å². The van der Waals surface area contributed by atoms with Crippen molar-refractivity contribution >= 4 is 29.4 Å². The molecule has 0 aliphatic carbocycles. The maximum Gasteiger partial charge on any atom is 0.265 e. The fourth-order valence-corrected chi connectivity index (χ4v) is 2.32. The molecule has 0 atom stereocenters. The van der Waals surface area contributed by atoms with E-state index in [1.165, 1.54) is 31.5 Å². The molecule has 6 nitrogen and oxygen atoms in total. The van der Waals surface area contributed by atoms with Crippen LogP contribution in [0.1, 0.15) is 12.5 Å². The highest BCUT2D eigenvalue weighted by Gasteiger charge is 2.11. The van der Waals surface area contributed by atoms with Crippen LogP contribution in [-0.2, 0) is 9.63 Å². The maximum atomic E-state index is 13.4. The monoisotopic (exact) mass is 380 g/mol. The topological polar surface area (TPSA) is 69.2 Å². The second kappa shape index (κ2) is 9.62. The predicted molar refractivity (Wildman–Crippen MR) is 97.7 cm³/mol. The van der Waals surface area contributed by atoms with Crippen molar-refractivity contribution in [1.29, 1.82) is 0 Å². The Bertz CT molecular complexity index is 799. The Balaban J connectivity index is 1.93. The first-order valence-electron chi connectivity index (χ1n) is 7.75. The Labute approximate surface area is 155 Å². The molecular formula is C18H18ClFN2O4. The number of methoxy groups -OCH3 is 1. The Hall–Kier alpha value is -2.80. The molecule has 0 aliphatic rings. The molecule has 0 fully saturated rings. The number of rotatable bonds is 8. The molecule has 0 radical (unpaired) electrons. The van der Waals surface area contributed by atoms with Crippen LogP contribution in [0.15, 0.2) is 41.6 Å². The molecule has 1 amide bonds. The molecule has 8 heteroatoms. The van der Waals surface area contributed by atoms with Crippen LogP contribution in [0.5, 0.6) is 11.5 Å². The van der Waals surface area contributed by atoms with Gasteiger partial charge in [0.2, 0.25) is 0 Å². The molecule has 0 heterocycles. The number of carbonyl (C=O) groups is 1. The number of para-hydroxylation sites is 1. The van der Waals surface area contributed by atoms with Crippen LogP contribution in [0.25, 0.3) is 0 Å². The summed E-state index contributed by atoms with van der Waals surface area (Å²) in [4.78, 5) is 16.6. The average Bonchev–Trinajstić information content (AvgIpc) is 2.62. The smallest absolute Gasteiger partial charge is 0.265 e. The van der Waals surface area contributed by atoms with Crippen molar-refractivity contribution in [1.82, 2.24) is 0 Å². The van der Waals surface area contributed by atoms with Crippen LogP contribution in [0.2, 0.25) is 5.02 Å². The summed E-state index contributed by atoms with van der Waals surface area (Å²) in [5, 5.41) is 6.46. The third-order valence-electron chi connectivity index (χ3n) is 3.16. The first-order chi connectivity index (χ1) is 12.5. The lowest BCUT2D eigenvalue weighted by molar-refractivity contribution is -0.120. The third-order valence-corrected chi connectivity index (χ3v) is 3.44. The van der Waals surface area contributed by atoms with E-state index in [0.29, 0.717) is 28.7 Å². The number of oxime groups is 1. The fraction of sp³-hybridized carbons (Fsp3) is 0.222. The van der Waals surface area contributed by atoms with Gasteiger partial charge in [0.05, 0.1) is 30.6 Å². The van der Waals surface area contributed by atoms with Gasteiger partial charge >= 0.3 is 0 Å². The summed E-state index contributed by atoms with van der Waals surface area (Å²) in [5.74, 6) is -0.160. The summed E-state index contributed by atoms with van der Waals surface area (Å²) in [6.07, 6.45) is 1.38. The highest BCUT2D eigenvalue weighted by atomic mass is 35.5. The summed E-state index contributed by atoms with van der Waals surface area (Å²) in [7, 11) is 1.50. The van der Waals surface area contributed by atoms with Crippen molar-refractivity contribution in [3.8, 4) is 11.5 Å². The fourth-order valence-electron chi connectivity index (χ4n) is 2.04. The van der Waals surface area contributed by atoms with E-state index in [1.807, 2.05) is 6.92 Å². The van der Waals surface area contributed by atoms with Gasteiger partial charge in [0, 0.05) is 5.56 Å². The summed E-state index contributed by atoms with van der Waals surface area (Å²) in [5.41, 5.74) is 0.679. The van der Waals surface area contributed by atoms with Crippen LogP contribution in [-0.4, -0.2) is 32.4 Å². The second-order valence-electron chi connectivity index (χ2n) is 5.00. The van der Waals surface area contributed by atoms with Crippen molar-refractivity contribution in [2.24, 2.45) is 5.16 Å². The van der Waals surface area contributed by atoms with Gasteiger partial charge in [-0.1, -0.05) is 28.9 Å². The molecule has 2 rings (SSSR count). The summed E-state index contributed by atoms with van der Waals surface area (Å²) < 4.78 is 24.1. The van der Waals surface area contributed by atoms with Crippen molar-refractivity contribution < 1.29 is 23.5 Å². The van der Waals surface area contributed by atoms with Gasteiger partial charge in [0.15, 0.2) is 18.1 Å². The Morgan fingerprint density at radius 1 is 1.35 bits per heavy atom. The Morgan fingerprint density at radius 2 is 2.12 bits per heavy atom. The lowest BCUT2D eigenvalue weighted by atomic mass is 10.2. The van der Waals surface area contributed by atoms with E-state index < -0.39 is 11.7 Å². The van der Waals surface area contributed by atoms with E-state index >= 15 is 0 Å². The van der Waals surface area contributed by atoms with Crippen molar-refractivity contribution in [2.75, 3.05) is 25.6 Å². The van der Waals surface area contributed by atoms with Crippen molar-refractivity contribution in [2.45, 2.75) is 6.92 Å². The zero-order valence-electron chi connectivity index (χ0n) is 14.3. The number of anilines is 1. The molecule has 0 aliphatic heterocycles. The molecule has 0 unspecified atom stereocenters. The number of hydrogen-bond donors (Lipinski definition) is 1. The van der Waals surface area contributed by atoms with E-state index in [0.717, 1.165) is 0 Å². The van der Waals surface area contributed by atoms with Crippen LogP contribution in [0, 0.1) is 5.82 Å². The van der Waals surface area contributed by atoms with Crippen LogP contribution >= 0.6 is 11.6 Å². The molecule has 1 N–H and O–H groups in total. The number of hydrogen-bond acceptors (Lipinski definition) is 5. The van der Waals surface area contributed by atoms with E-state index in [-0.39, 0.29) is 12.3 Å². The van der Waals surface area contributed by atoms with Gasteiger partial charge in [0.25, 0.3) is 5.91 Å². The molecule has 2 aromatic rings. The number of carbonyl (C=O) groups excluding carboxylic acids is 1. The number of nitrogens with zero attached hydrogens (tertiary/aromatic N) is 1. The highest BCUT2D eigenvalue weighted by Crippen LogP contribution is 2.35. The Morgan fingerprint density at radius 3 is 2.81 bits per heavy atom. The van der Waals surface area contributed by atoms with E-state index in [9.17, 15) is 9.18 Å². The summed E-state index contributed by atoms with van der Waals surface area (Å²) in [6.45, 7) is 1.92. The van der Waals surface area contributed by atoms with Gasteiger partial charge < -0.3 is 19.6 Å². The Kier molecular flexibility index (Phi) is 7.23. The first-order valence-corrected chi connectivity index (χ1v) is 8.13. The third kappa shape index (κ3) is 5.35. The molecule has 0 bridgehead atoms. The summed E-state index contributed by atoms with van der Waals surface area (Å²) >= 11 is 6.15. The minimum atomic E-state index is -0.533. The number of ether oxygens (including phenoxy) is 2. The molecule has 0 aromatic heterocycles. The van der Waals surface area contributed by atoms with Gasteiger partial charge in [-0.25, -0.2) is 4.39 Å². The number of halogens is 2. The molecule has 2 aromatic carbocycles. The lowest BCUT2D eigenvalue weighted by Gasteiger charge is -2.11. The van der Waals surface area contributed by atoms with Crippen molar-refractivity contribution in [3.05, 3.63) is 52.8 Å². The van der Waals surface area contributed by atoms with Gasteiger partial charge in [-0.3, -0.25) is 4.79 Å². The molecular weight excluding hydrogens is 363 g/mol.